The number of nitrogens with one attached hydrogen (secondary N) is 1. The molecule has 1 aromatic heterocycles. The number of piperidine rings is 1. The summed E-state index contributed by atoms with van der Waals surface area (Å²) in [6.07, 6.45) is -6.69. The SMILES string of the molecule is CC(C)N1C(=O)OCc2cc(OC[C@@H]3C[C@](O)(c4ccc(C(F)F)nc4)C[C@H](C)N3)cc(C(F)(F)F)c21. The van der Waals surface area contributed by atoms with E-state index in [4.69, 9.17) is 9.47 Å². The number of benzene rings is 1. The molecule has 37 heavy (non-hydrogen) atoms. The number of hydrogen-bond acceptors (Lipinski definition) is 6. The van der Waals surface area contributed by atoms with E-state index in [0.717, 1.165) is 17.0 Å². The van der Waals surface area contributed by atoms with Crippen LogP contribution in [-0.2, 0) is 23.1 Å². The van der Waals surface area contributed by atoms with Crippen molar-refractivity contribution in [1.29, 1.82) is 0 Å². The van der Waals surface area contributed by atoms with Gasteiger partial charge in [0.1, 0.15) is 24.7 Å². The number of carbonyl (C=O) groups excluding carboxylic acids is 1. The van der Waals surface area contributed by atoms with E-state index in [-0.39, 0.29) is 49.1 Å². The van der Waals surface area contributed by atoms with Crippen molar-refractivity contribution in [3.8, 4) is 5.75 Å². The van der Waals surface area contributed by atoms with Gasteiger partial charge in [-0.25, -0.2) is 13.6 Å². The second-order valence-corrected chi connectivity index (χ2v) is 9.78. The molecule has 2 aliphatic rings. The van der Waals surface area contributed by atoms with Crippen LogP contribution in [0.1, 0.15) is 62.4 Å². The van der Waals surface area contributed by atoms with Crippen LogP contribution in [0.2, 0.25) is 0 Å². The first-order valence-electron chi connectivity index (χ1n) is 11.8. The molecule has 12 heteroatoms. The number of aromatic nitrogens is 1. The number of halogens is 5. The Labute approximate surface area is 210 Å². The van der Waals surface area contributed by atoms with Crippen LogP contribution >= 0.6 is 0 Å². The van der Waals surface area contributed by atoms with Gasteiger partial charge in [-0.15, -0.1) is 0 Å². The maximum Gasteiger partial charge on any atom is 0.418 e. The number of anilines is 1. The van der Waals surface area contributed by atoms with Crippen LogP contribution in [-0.4, -0.2) is 40.9 Å². The van der Waals surface area contributed by atoms with E-state index in [2.05, 4.69) is 10.3 Å². The van der Waals surface area contributed by atoms with E-state index in [1.165, 1.54) is 18.3 Å². The normalized spacial score (nSPS) is 24.3. The molecular weight excluding hydrogens is 501 g/mol. The molecule has 1 aromatic carbocycles. The van der Waals surface area contributed by atoms with Crippen LogP contribution < -0.4 is 15.0 Å². The van der Waals surface area contributed by atoms with Gasteiger partial charge in [0.05, 0.1) is 16.9 Å². The first kappa shape index (κ1) is 27.1. The number of nitrogens with zero attached hydrogens (tertiary/aromatic N) is 2. The van der Waals surface area contributed by atoms with Crippen molar-refractivity contribution < 1.29 is 41.3 Å². The number of rotatable bonds is 6. The van der Waals surface area contributed by atoms with Crippen LogP contribution in [0.3, 0.4) is 0 Å². The molecule has 0 bridgehead atoms. The molecular formula is C25H28F5N3O4. The number of fused-ring (bicyclic) bond motifs is 1. The molecule has 4 rings (SSSR count). The molecule has 1 fully saturated rings. The zero-order valence-corrected chi connectivity index (χ0v) is 20.5. The van der Waals surface area contributed by atoms with Crippen molar-refractivity contribution in [2.75, 3.05) is 11.5 Å². The molecule has 1 amide bonds. The molecule has 2 aliphatic heterocycles. The fourth-order valence-electron chi connectivity index (χ4n) is 5.00. The number of alkyl halides is 5. The lowest BCUT2D eigenvalue weighted by molar-refractivity contribution is -0.137. The zero-order valence-electron chi connectivity index (χ0n) is 20.5. The van der Waals surface area contributed by atoms with Crippen molar-refractivity contribution in [2.45, 2.75) is 76.5 Å². The molecule has 0 aliphatic carbocycles. The Balaban J connectivity index is 1.56. The Morgan fingerprint density at radius 1 is 1.27 bits per heavy atom. The molecule has 1 saturated heterocycles. The Morgan fingerprint density at radius 3 is 2.59 bits per heavy atom. The van der Waals surface area contributed by atoms with Crippen molar-refractivity contribution in [3.05, 3.63) is 52.8 Å². The van der Waals surface area contributed by atoms with Gasteiger partial charge in [-0.2, -0.15) is 13.2 Å². The minimum Gasteiger partial charge on any atom is -0.492 e. The number of amides is 1. The number of pyridine rings is 1. The lowest BCUT2D eigenvalue weighted by atomic mass is 9.79. The summed E-state index contributed by atoms with van der Waals surface area (Å²) in [7, 11) is 0. The molecule has 2 N–H and O–H groups in total. The highest BCUT2D eigenvalue weighted by Crippen LogP contribution is 2.44. The molecule has 0 unspecified atom stereocenters. The van der Waals surface area contributed by atoms with E-state index in [0.29, 0.717) is 5.56 Å². The van der Waals surface area contributed by atoms with Crippen molar-refractivity contribution in [1.82, 2.24) is 10.3 Å². The van der Waals surface area contributed by atoms with Gasteiger partial charge in [-0.05, 0) is 51.8 Å². The van der Waals surface area contributed by atoms with E-state index in [1.54, 1.807) is 13.8 Å². The molecule has 2 aromatic rings. The number of cyclic esters (lactones) is 1. The second-order valence-electron chi connectivity index (χ2n) is 9.78. The monoisotopic (exact) mass is 529 g/mol. The zero-order chi connectivity index (χ0) is 27.1. The van der Waals surface area contributed by atoms with Gasteiger partial charge in [0, 0.05) is 35.4 Å². The summed E-state index contributed by atoms with van der Waals surface area (Å²) in [5.74, 6) is -0.0563. The Morgan fingerprint density at radius 2 is 2.00 bits per heavy atom. The smallest absolute Gasteiger partial charge is 0.418 e. The summed E-state index contributed by atoms with van der Waals surface area (Å²) in [5.41, 5.74) is -2.49. The summed E-state index contributed by atoms with van der Waals surface area (Å²) in [6, 6.07) is 3.62. The molecule has 3 atom stereocenters. The minimum atomic E-state index is -4.75. The van der Waals surface area contributed by atoms with Crippen molar-refractivity contribution >= 4 is 11.8 Å². The highest BCUT2D eigenvalue weighted by molar-refractivity contribution is 5.92. The molecule has 0 saturated carbocycles. The van der Waals surface area contributed by atoms with Crippen molar-refractivity contribution in [2.24, 2.45) is 0 Å². The number of aliphatic hydroxyl groups is 1. The predicted molar refractivity (Wildman–Crippen MR) is 123 cm³/mol. The third kappa shape index (κ3) is 5.64. The summed E-state index contributed by atoms with van der Waals surface area (Å²) in [5, 5.41) is 14.6. The van der Waals surface area contributed by atoms with Gasteiger partial charge >= 0.3 is 12.3 Å². The lowest BCUT2D eigenvalue weighted by Gasteiger charge is -2.41. The Kier molecular flexibility index (Phi) is 7.35. The van der Waals surface area contributed by atoms with Gasteiger partial charge in [-0.1, -0.05) is 6.07 Å². The molecule has 7 nitrogen and oxygen atoms in total. The van der Waals surface area contributed by atoms with E-state index < -0.39 is 47.6 Å². The minimum absolute atomic E-state index is 0.0563. The van der Waals surface area contributed by atoms with Crippen LogP contribution in [0.25, 0.3) is 0 Å². The predicted octanol–water partition coefficient (Wildman–Crippen LogP) is 5.31. The average Bonchev–Trinajstić information content (AvgIpc) is 2.81. The number of carbonyl (C=O) groups is 1. The van der Waals surface area contributed by atoms with E-state index in [1.807, 2.05) is 6.92 Å². The maximum atomic E-state index is 14.0. The standard InChI is InChI=1S/C25H28F5N3O4/c1-13(2)33-21-15(11-37-23(33)34)6-18(7-19(21)25(28,29)30)36-12-17-9-24(35,8-14(3)32-17)16-4-5-20(22(26)27)31-10-16/h4-7,10,13-14,17,22,32,35H,8-9,11-12H2,1-3H3/t14-,17-,24-/m0/s1. The topological polar surface area (TPSA) is 83.9 Å². The largest absolute Gasteiger partial charge is 0.492 e. The van der Waals surface area contributed by atoms with Gasteiger partial charge < -0.3 is 19.9 Å². The van der Waals surface area contributed by atoms with E-state index >= 15 is 0 Å². The van der Waals surface area contributed by atoms with Crippen LogP contribution in [0.4, 0.5) is 32.4 Å². The quantitative estimate of drug-likeness (QED) is 0.494. The second kappa shape index (κ2) is 10.1. The fourth-order valence-corrected chi connectivity index (χ4v) is 5.00. The first-order chi connectivity index (χ1) is 17.3. The summed E-state index contributed by atoms with van der Waals surface area (Å²) < 4.78 is 78.5. The Hall–Kier alpha value is -2.99. The van der Waals surface area contributed by atoms with Gasteiger partial charge in [0.25, 0.3) is 6.43 Å². The van der Waals surface area contributed by atoms with Gasteiger partial charge in [-0.3, -0.25) is 9.88 Å². The highest BCUT2D eigenvalue weighted by Gasteiger charge is 2.42. The third-order valence-electron chi connectivity index (χ3n) is 6.52. The van der Waals surface area contributed by atoms with E-state index in [9.17, 15) is 31.9 Å². The molecule has 0 spiro atoms. The number of hydrogen-bond donors (Lipinski definition) is 2. The number of ether oxygens (including phenoxy) is 2. The van der Waals surface area contributed by atoms with Gasteiger partial charge in [0.2, 0.25) is 0 Å². The molecule has 202 valence electrons. The van der Waals surface area contributed by atoms with Crippen LogP contribution in [0.5, 0.6) is 5.75 Å². The molecule has 3 heterocycles. The van der Waals surface area contributed by atoms with Crippen LogP contribution in [0, 0.1) is 0 Å². The van der Waals surface area contributed by atoms with Crippen LogP contribution in [0.15, 0.2) is 30.5 Å². The van der Waals surface area contributed by atoms with Gasteiger partial charge in [0.15, 0.2) is 0 Å². The molecule has 0 radical (unpaired) electrons. The summed E-state index contributed by atoms with van der Waals surface area (Å²) in [6.45, 7) is 4.62. The fraction of sp³-hybridized carbons (Fsp3) is 0.520. The highest BCUT2D eigenvalue weighted by atomic mass is 19.4. The summed E-state index contributed by atoms with van der Waals surface area (Å²) >= 11 is 0. The average molecular weight is 530 g/mol. The maximum absolute atomic E-state index is 14.0. The lowest BCUT2D eigenvalue weighted by Crippen LogP contribution is -2.53. The Bertz CT molecular complexity index is 1140. The summed E-state index contributed by atoms with van der Waals surface area (Å²) in [4.78, 5) is 16.9. The third-order valence-corrected chi connectivity index (χ3v) is 6.52. The van der Waals surface area contributed by atoms with Crippen molar-refractivity contribution in [3.63, 3.8) is 0 Å². The first-order valence-corrected chi connectivity index (χ1v) is 11.8.